The summed E-state index contributed by atoms with van der Waals surface area (Å²) in [5, 5.41) is 19.1. The van der Waals surface area contributed by atoms with E-state index in [-0.39, 0.29) is 12.3 Å². The molecule has 2 N–H and O–H groups in total. The fourth-order valence-corrected chi connectivity index (χ4v) is 1.75. The Morgan fingerprint density at radius 2 is 2.22 bits per heavy atom. The number of fused-ring (bicyclic) bond motifs is 1. The van der Waals surface area contributed by atoms with E-state index in [0.717, 1.165) is 31.6 Å². The van der Waals surface area contributed by atoms with Gasteiger partial charge in [-0.05, 0) is 31.4 Å². The van der Waals surface area contributed by atoms with Crippen LogP contribution in [-0.2, 0) is 0 Å². The maximum Gasteiger partial charge on any atom is 0.364 e. The molecule has 7 nitrogen and oxygen atoms in total. The maximum absolute atomic E-state index is 11.4. The molecule has 7 heteroatoms. The second-order valence-electron chi connectivity index (χ2n) is 4.20. The van der Waals surface area contributed by atoms with Crippen molar-refractivity contribution in [2.45, 2.75) is 19.3 Å². The quantitative estimate of drug-likeness (QED) is 0.707. The van der Waals surface area contributed by atoms with Gasteiger partial charge in [0.2, 0.25) is 0 Å². The predicted molar refractivity (Wildman–Crippen MR) is 67.8 cm³/mol. The van der Waals surface area contributed by atoms with E-state index in [9.17, 15) is 4.79 Å². The standard InChI is InChI=1S/C11H17N5O2/c1-15(7-3-2-4-8-17)10-6-5-9-12-13-11(18)16(9)14-10/h5-6,17H,2-4,7-8H2,1H3,(H,13,18). The molecule has 2 rings (SSSR count). The summed E-state index contributed by atoms with van der Waals surface area (Å²) in [6, 6.07) is 3.59. The topological polar surface area (TPSA) is 86.5 Å². The van der Waals surface area contributed by atoms with E-state index >= 15 is 0 Å². The van der Waals surface area contributed by atoms with Crippen LogP contribution in [0.3, 0.4) is 0 Å². The van der Waals surface area contributed by atoms with Crippen LogP contribution in [-0.4, -0.2) is 45.1 Å². The minimum atomic E-state index is -0.333. The zero-order valence-corrected chi connectivity index (χ0v) is 10.3. The van der Waals surface area contributed by atoms with Crippen molar-refractivity contribution in [2.75, 3.05) is 25.1 Å². The lowest BCUT2D eigenvalue weighted by Crippen LogP contribution is -2.22. The van der Waals surface area contributed by atoms with E-state index in [2.05, 4.69) is 15.3 Å². The number of aliphatic hydroxyl groups is 1. The first kappa shape index (κ1) is 12.6. The van der Waals surface area contributed by atoms with Crippen molar-refractivity contribution >= 4 is 11.5 Å². The second-order valence-corrected chi connectivity index (χ2v) is 4.20. The van der Waals surface area contributed by atoms with Gasteiger partial charge >= 0.3 is 5.69 Å². The van der Waals surface area contributed by atoms with Gasteiger partial charge in [-0.3, -0.25) is 0 Å². The number of unbranched alkanes of at least 4 members (excludes halogenated alkanes) is 2. The van der Waals surface area contributed by atoms with E-state index in [4.69, 9.17) is 5.11 Å². The molecule has 0 atom stereocenters. The third kappa shape index (κ3) is 2.67. The number of anilines is 1. The van der Waals surface area contributed by atoms with Gasteiger partial charge in [0.15, 0.2) is 5.65 Å². The van der Waals surface area contributed by atoms with E-state index in [0.29, 0.717) is 5.65 Å². The first-order valence-electron chi connectivity index (χ1n) is 5.99. The van der Waals surface area contributed by atoms with Gasteiger partial charge in [0, 0.05) is 20.2 Å². The van der Waals surface area contributed by atoms with Gasteiger partial charge in [0.25, 0.3) is 0 Å². The average Bonchev–Trinajstić information content (AvgIpc) is 2.76. The highest BCUT2D eigenvalue weighted by atomic mass is 16.2. The number of aliphatic hydroxyl groups excluding tert-OH is 1. The predicted octanol–water partition coefficient (Wildman–Crippen LogP) is 0.0164. The SMILES string of the molecule is CN(CCCCCO)c1ccc2n[nH]c(=O)n2n1. The lowest BCUT2D eigenvalue weighted by Gasteiger charge is -2.17. The van der Waals surface area contributed by atoms with Crippen molar-refractivity contribution in [3.8, 4) is 0 Å². The van der Waals surface area contributed by atoms with Crippen molar-refractivity contribution in [1.82, 2.24) is 19.8 Å². The van der Waals surface area contributed by atoms with Crippen LogP contribution in [0.25, 0.3) is 5.65 Å². The number of hydrogen-bond acceptors (Lipinski definition) is 5. The van der Waals surface area contributed by atoms with Crippen molar-refractivity contribution in [2.24, 2.45) is 0 Å². The molecule has 0 spiro atoms. The minimum absolute atomic E-state index is 0.234. The van der Waals surface area contributed by atoms with Crippen LogP contribution in [0.15, 0.2) is 16.9 Å². The number of rotatable bonds is 6. The highest BCUT2D eigenvalue weighted by Gasteiger charge is 2.06. The molecule has 0 amide bonds. The molecule has 0 saturated carbocycles. The molecule has 2 aromatic rings. The molecule has 0 aliphatic heterocycles. The molecule has 18 heavy (non-hydrogen) atoms. The third-order valence-corrected chi connectivity index (χ3v) is 2.80. The first-order valence-corrected chi connectivity index (χ1v) is 5.99. The van der Waals surface area contributed by atoms with Crippen LogP contribution in [0, 0.1) is 0 Å². The summed E-state index contributed by atoms with van der Waals surface area (Å²) in [5.41, 5.74) is 0.179. The van der Waals surface area contributed by atoms with Gasteiger partial charge in [0.05, 0.1) is 0 Å². The first-order chi connectivity index (χ1) is 8.72. The lowest BCUT2D eigenvalue weighted by molar-refractivity contribution is 0.283. The number of H-pyrrole nitrogens is 1. The molecule has 0 fully saturated rings. The van der Waals surface area contributed by atoms with Crippen LogP contribution in [0.4, 0.5) is 5.82 Å². The zero-order chi connectivity index (χ0) is 13.0. The second kappa shape index (κ2) is 5.63. The van der Waals surface area contributed by atoms with Crippen LogP contribution in [0.5, 0.6) is 0 Å². The smallest absolute Gasteiger partial charge is 0.364 e. The van der Waals surface area contributed by atoms with E-state index in [1.807, 2.05) is 18.0 Å². The highest BCUT2D eigenvalue weighted by molar-refractivity contribution is 5.44. The van der Waals surface area contributed by atoms with Crippen molar-refractivity contribution in [3.63, 3.8) is 0 Å². The Morgan fingerprint density at radius 1 is 1.39 bits per heavy atom. The molecule has 0 aliphatic carbocycles. The molecule has 0 unspecified atom stereocenters. The summed E-state index contributed by atoms with van der Waals surface area (Å²) in [6.45, 7) is 1.07. The fraction of sp³-hybridized carbons (Fsp3) is 0.545. The van der Waals surface area contributed by atoms with Gasteiger partial charge in [0.1, 0.15) is 5.82 Å². The monoisotopic (exact) mass is 251 g/mol. The third-order valence-electron chi connectivity index (χ3n) is 2.80. The number of nitrogens with one attached hydrogen (secondary N) is 1. The highest BCUT2D eigenvalue weighted by Crippen LogP contribution is 2.09. The Balaban J connectivity index is 2.05. The Kier molecular flexibility index (Phi) is 3.93. The summed E-state index contributed by atoms with van der Waals surface area (Å²) < 4.78 is 1.25. The van der Waals surface area contributed by atoms with E-state index < -0.39 is 0 Å². The number of nitrogens with zero attached hydrogens (tertiary/aromatic N) is 4. The zero-order valence-electron chi connectivity index (χ0n) is 10.3. The molecular formula is C11H17N5O2. The normalized spacial score (nSPS) is 11.0. The number of hydrogen-bond donors (Lipinski definition) is 2. The molecule has 0 bridgehead atoms. The summed E-state index contributed by atoms with van der Waals surface area (Å²) in [4.78, 5) is 13.4. The van der Waals surface area contributed by atoms with Crippen molar-refractivity contribution < 1.29 is 5.11 Å². The van der Waals surface area contributed by atoms with Crippen LogP contribution < -0.4 is 10.6 Å². The Bertz CT molecular complexity index is 562. The Hall–Kier alpha value is -1.89. The molecule has 98 valence electrons. The molecule has 0 aliphatic rings. The van der Waals surface area contributed by atoms with E-state index in [1.54, 1.807) is 6.07 Å². The van der Waals surface area contributed by atoms with Gasteiger partial charge in [-0.1, -0.05) is 0 Å². The van der Waals surface area contributed by atoms with Crippen LogP contribution >= 0.6 is 0 Å². The molecule has 0 radical (unpaired) electrons. The fourth-order valence-electron chi connectivity index (χ4n) is 1.75. The molecule has 2 heterocycles. The van der Waals surface area contributed by atoms with Gasteiger partial charge < -0.3 is 10.0 Å². The molecule has 0 aromatic carbocycles. The summed E-state index contributed by atoms with van der Waals surface area (Å²) in [7, 11) is 1.93. The van der Waals surface area contributed by atoms with Gasteiger partial charge in [-0.2, -0.15) is 9.61 Å². The molecule has 0 saturated heterocycles. The van der Waals surface area contributed by atoms with Crippen LogP contribution in [0.2, 0.25) is 0 Å². The minimum Gasteiger partial charge on any atom is -0.396 e. The van der Waals surface area contributed by atoms with Crippen molar-refractivity contribution in [1.29, 1.82) is 0 Å². The molecule has 2 aromatic heterocycles. The van der Waals surface area contributed by atoms with Crippen LogP contribution in [0.1, 0.15) is 19.3 Å². The largest absolute Gasteiger partial charge is 0.396 e. The summed E-state index contributed by atoms with van der Waals surface area (Å²) in [5.74, 6) is 0.731. The van der Waals surface area contributed by atoms with Crippen molar-refractivity contribution in [3.05, 3.63) is 22.6 Å². The van der Waals surface area contributed by atoms with Gasteiger partial charge in [-0.15, -0.1) is 5.10 Å². The van der Waals surface area contributed by atoms with Gasteiger partial charge in [-0.25, -0.2) is 9.89 Å². The Morgan fingerprint density at radius 3 is 3.00 bits per heavy atom. The number of aromatic nitrogens is 4. The van der Waals surface area contributed by atoms with E-state index in [1.165, 1.54) is 4.52 Å². The molecular weight excluding hydrogens is 234 g/mol. The summed E-state index contributed by atoms with van der Waals surface area (Å²) >= 11 is 0. The average molecular weight is 251 g/mol. The Labute approximate surface area is 104 Å². The maximum atomic E-state index is 11.4. The summed E-state index contributed by atoms with van der Waals surface area (Å²) in [6.07, 6.45) is 2.79. The number of aromatic amines is 1. The lowest BCUT2D eigenvalue weighted by atomic mass is 10.2.